The van der Waals surface area contributed by atoms with E-state index in [2.05, 4.69) is 62.4 Å². The molecule has 0 aliphatic heterocycles. The molecule has 0 aromatic carbocycles. The first kappa shape index (κ1) is 16.4. The molecule has 0 rings (SSSR count). The van der Waals surface area contributed by atoms with Gasteiger partial charge in [0.2, 0.25) is 0 Å². The van der Waals surface area contributed by atoms with E-state index in [1.54, 1.807) is 0 Å². The molecule has 2 atom stereocenters. The largest absolute Gasteiger partial charge is 0.303 e. The Hall–Kier alpha value is 0.440. The molecule has 16 heavy (non-hydrogen) atoms. The standard InChI is InChI=1S/C14H30BrN/c1-7-12(3)10-16(8-2)11-13(9-15)14(4,5)6/h12-13H,7-11H2,1-6H3. The van der Waals surface area contributed by atoms with Crippen molar-refractivity contribution in [3.05, 3.63) is 0 Å². The third-order valence-corrected chi connectivity index (χ3v) is 4.39. The van der Waals surface area contributed by atoms with E-state index in [1.807, 2.05) is 0 Å². The first-order valence-electron chi connectivity index (χ1n) is 6.63. The summed E-state index contributed by atoms with van der Waals surface area (Å²) in [5.74, 6) is 1.55. The van der Waals surface area contributed by atoms with Crippen LogP contribution in [0.3, 0.4) is 0 Å². The van der Waals surface area contributed by atoms with Crippen molar-refractivity contribution in [2.24, 2.45) is 17.3 Å². The predicted octanol–water partition coefficient (Wildman–Crippen LogP) is 4.41. The Morgan fingerprint density at radius 1 is 1.12 bits per heavy atom. The molecular weight excluding hydrogens is 262 g/mol. The van der Waals surface area contributed by atoms with Gasteiger partial charge in [0.25, 0.3) is 0 Å². The summed E-state index contributed by atoms with van der Waals surface area (Å²) < 4.78 is 0. The lowest BCUT2D eigenvalue weighted by Gasteiger charge is -2.35. The normalized spacial score (nSPS) is 16.5. The first-order chi connectivity index (χ1) is 7.35. The fraction of sp³-hybridized carbons (Fsp3) is 1.00. The molecule has 0 aliphatic carbocycles. The highest BCUT2D eigenvalue weighted by Crippen LogP contribution is 2.28. The predicted molar refractivity (Wildman–Crippen MR) is 78.3 cm³/mol. The van der Waals surface area contributed by atoms with Crippen LogP contribution in [0, 0.1) is 17.3 Å². The molecule has 0 spiro atoms. The van der Waals surface area contributed by atoms with Gasteiger partial charge in [-0.05, 0) is 23.8 Å². The van der Waals surface area contributed by atoms with Crippen LogP contribution in [-0.4, -0.2) is 29.9 Å². The van der Waals surface area contributed by atoms with E-state index in [0.29, 0.717) is 5.41 Å². The summed E-state index contributed by atoms with van der Waals surface area (Å²) in [6.45, 7) is 17.6. The lowest BCUT2D eigenvalue weighted by atomic mass is 9.81. The van der Waals surface area contributed by atoms with E-state index in [9.17, 15) is 0 Å². The van der Waals surface area contributed by atoms with Gasteiger partial charge in [-0.25, -0.2) is 0 Å². The average Bonchev–Trinajstić information content (AvgIpc) is 2.21. The summed E-state index contributed by atoms with van der Waals surface area (Å²) in [6.07, 6.45) is 1.28. The molecule has 2 unspecified atom stereocenters. The summed E-state index contributed by atoms with van der Waals surface area (Å²) in [5, 5.41) is 1.10. The zero-order chi connectivity index (χ0) is 12.8. The SMILES string of the molecule is CCC(C)CN(CC)CC(CBr)C(C)(C)C. The van der Waals surface area contributed by atoms with Crippen LogP contribution in [0.4, 0.5) is 0 Å². The summed E-state index contributed by atoms with van der Waals surface area (Å²) in [4.78, 5) is 2.60. The third-order valence-electron chi connectivity index (χ3n) is 3.60. The summed E-state index contributed by atoms with van der Waals surface area (Å²) in [5.41, 5.74) is 0.395. The van der Waals surface area contributed by atoms with Crippen LogP contribution in [0.25, 0.3) is 0 Å². The van der Waals surface area contributed by atoms with Crippen molar-refractivity contribution >= 4 is 15.9 Å². The molecule has 0 aromatic rings. The highest BCUT2D eigenvalue weighted by atomic mass is 79.9. The quantitative estimate of drug-likeness (QED) is 0.628. The molecule has 0 saturated heterocycles. The number of hydrogen-bond donors (Lipinski definition) is 0. The molecule has 2 heteroatoms. The van der Waals surface area contributed by atoms with Crippen LogP contribution in [-0.2, 0) is 0 Å². The molecule has 0 heterocycles. The van der Waals surface area contributed by atoms with Crippen molar-refractivity contribution in [3.63, 3.8) is 0 Å². The van der Waals surface area contributed by atoms with Gasteiger partial charge in [-0.1, -0.05) is 63.9 Å². The van der Waals surface area contributed by atoms with Gasteiger partial charge in [-0.15, -0.1) is 0 Å². The van der Waals surface area contributed by atoms with Gasteiger partial charge >= 0.3 is 0 Å². The van der Waals surface area contributed by atoms with Gasteiger partial charge < -0.3 is 4.90 Å². The van der Waals surface area contributed by atoms with E-state index in [0.717, 1.165) is 17.2 Å². The average molecular weight is 292 g/mol. The van der Waals surface area contributed by atoms with Gasteiger partial charge in [-0.2, -0.15) is 0 Å². The first-order valence-corrected chi connectivity index (χ1v) is 7.75. The number of alkyl halides is 1. The molecule has 0 aliphatic rings. The van der Waals surface area contributed by atoms with Crippen molar-refractivity contribution in [2.75, 3.05) is 25.0 Å². The number of rotatable bonds is 7. The second-order valence-electron chi connectivity index (χ2n) is 6.08. The van der Waals surface area contributed by atoms with Crippen LogP contribution in [0.15, 0.2) is 0 Å². The van der Waals surface area contributed by atoms with Crippen molar-refractivity contribution in [2.45, 2.75) is 48.0 Å². The second-order valence-corrected chi connectivity index (χ2v) is 6.73. The Morgan fingerprint density at radius 3 is 2.00 bits per heavy atom. The minimum absolute atomic E-state index is 0.395. The zero-order valence-corrected chi connectivity index (χ0v) is 13.6. The van der Waals surface area contributed by atoms with E-state index < -0.39 is 0 Å². The lowest BCUT2D eigenvalue weighted by Crippen LogP contribution is -2.38. The number of hydrogen-bond acceptors (Lipinski definition) is 1. The molecule has 0 saturated carbocycles. The van der Waals surface area contributed by atoms with Crippen LogP contribution in [0.1, 0.15) is 48.0 Å². The Balaban J connectivity index is 4.28. The van der Waals surface area contributed by atoms with Crippen LogP contribution in [0.5, 0.6) is 0 Å². The van der Waals surface area contributed by atoms with E-state index in [-0.39, 0.29) is 0 Å². The summed E-state index contributed by atoms with van der Waals surface area (Å²) in [7, 11) is 0. The maximum atomic E-state index is 3.67. The highest BCUT2D eigenvalue weighted by molar-refractivity contribution is 9.09. The number of halogens is 1. The maximum absolute atomic E-state index is 3.67. The fourth-order valence-corrected chi connectivity index (χ4v) is 2.94. The Bertz CT molecular complexity index is 174. The molecule has 1 nitrogen and oxygen atoms in total. The molecule has 0 bridgehead atoms. The van der Waals surface area contributed by atoms with Crippen molar-refractivity contribution < 1.29 is 0 Å². The van der Waals surface area contributed by atoms with E-state index in [4.69, 9.17) is 0 Å². The summed E-state index contributed by atoms with van der Waals surface area (Å²) in [6, 6.07) is 0. The van der Waals surface area contributed by atoms with Gasteiger partial charge in [0.1, 0.15) is 0 Å². The van der Waals surface area contributed by atoms with Crippen molar-refractivity contribution in [1.82, 2.24) is 4.90 Å². The molecule has 0 radical (unpaired) electrons. The monoisotopic (exact) mass is 291 g/mol. The van der Waals surface area contributed by atoms with Crippen LogP contribution >= 0.6 is 15.9 Å². The zero-order valence-electron chi connectivity index (χ0n) is 12.0. The number of nitrogens with zero attached hydrogens (tertiary/aromatic N) is 1. The minimum atomic E-state index is 0.395. The Kier molecular flexibility index (Phi) is 7.92. The third kappa shape index (κ3) is 6.24. The lowest BCUT2D eigenvalue weighted by molar-refractivity contribution is 0.155. The molecular formula is C14H30BrN. The topological polar surface area (TPSA) is 3.24 Å². The van der Waals surface area contributed by atoms with Crippen LogP contribution < -0.4 is 0 Å². The Morgan fingerprint density at radius 2 is 1.69 bits per heavy atom. The van der Waals surface area contributed by atoms with Gasteiger partial charge in [0.15, 0.2) is 0 Å². The summed E-state index contributed by atoms with van der Waals surface area (Å²) >= 11 is 3.67. The molecule has 0 N–H and O–H groups in total. The highest BCUT2D eigenvalue weighted by Gasteiger charge is 2.25. The van der Waals surface area contributed by atoms with Crippen LogP contribution in [0.2, 0.25) is 0 Å². The van der Waals surface area contributed by atoms with Gasteiger partial charge in [-0.3, -0.25) is 0 Å². The minimum Gasteiger partial charge on any atom is -0.303 e. The van der Waals surface area contributed by atoms with Crippen molar-refractivity contribution in [1.29, 1.82) is 0 Å². The molecule has 0 amide bonds. The maximum Gasteiger partial charge on any atom is 0.00768 e. The van der Waals surface area contributed by atoms with Gasteiger partial charge in [0.05, 0.1) is 0 Å². The smallest absolute Gasteiger partial charge is 0.00768 e. The second kappa shape index (κ2) is 7.71. The van der Waals surface area contributed by atoms with Gasteiger partial charge in [0, 0.05) is 18.4 Å². The molecule has 0 aromatic heterocycles. The molecule has 98 valence electrons. The van der Waals surface area contributed by atoms with E-state index >= 15 is 0 Å². The van der Waals surface area contributed by atoms with E-state index in [1.165, 1.54) is 26.1 Å². The van der Waals surface area contributed by atoms with Crippen molar-refractivity contribution in [3.8, 4) is 0 Å². The fourth-order valence-electron chi connectivity index (χ4n) is 1.77. The molecule has 0 fully saturated rings. The Labute approximate surface area is 111 Å².